The van der Waals surface area contributed by atoms with E-state index in [1.165, 1.54) is 0 Å². The summed E-state index contributed by atoms with van der Waals surface area (Å²) in [5.74, 6) is 1.62. The maximum atomic E-state index is 3.79. The minimum Gasteiger partial charge on any atom is -0.348 e. The Kier molecular flexibility index (Phi) is 0.518. The van der Waals surface area contributed by atoms with Gasteiger partial charge in [0.15, 0.2) is 11.6 Å². The summed E-state index contributed by atoms with van der Waals surface area (Å²) in [6.07, 6.45) is 0. The van der Waals surface area contributed by atoms with E-state index in [2.05, 4.69) is 26.0 Å². The third-order valence-electron chi connectivity index (χ3n) is 1.06. The van der Waals surface area contributed by atoms with Crippen LogP contribution in [0.3, 0.4) is 0 Å². The summed E-state index contributed by atoms with van der Waals surface area (Å²) >= 11 is 0. The lowest BCUT2D eigenvalue weighted by molar-refractivity contribution is 0.929. The molecule has 1 aromatic heterocycles. The minimum absolute atomic E-state index is 0.735. The molecule has 8 heavy (non-hydrogen) atoms. The van der Waals surface area contributed by atoms with Crippen molar-refractivity contribution in [3.8, 4) is 0 Å². The molecule has 0 bridgehead atoms. The molecule has 1 aromatic rings. The van der Waals surface area contributed by atoms with Crippen LogP contribution < -0.4 is 10.6 Å². The largest absolute Gasteiger partial charge is 0.348 e. The molecule has 0 saturated carbocycles. The summed E-state index contributed by atoms with van der Waals surface area (Å²) in [6, 6.07) is 0. The van der Waals surface area contributed by atoms with Crippen molar-refractivity contribution in [3.05, 3.63) is 0 Å². The van der Waals surface area contributed by atoms with E-state index in [1.54, 1.807) is 0 Å². The summed E-state index contributed by atoms with van der Waals surface area (Å²) in [5.41, 5.74) is 0. The van der Waals surface area contributed by atoms with Crippen LogP contribution in [0.15, 0.2) is 0 Å². The van der Waals surface area contributed by atoms with E-state index >= 15 is 0 Å². The molecule has 0 amide bonds. The lowest BCUT2D eigenvalue weighted by atomic mass is 10.7. The van der Waals surface area contributed by atoms with Gasteiger partial charge in [0.25, 0.3) is 0 Å². The van der Waals surface area contributed by atoms with E-state index in [9.17, 15) is 0 Å². The second-order valence-electron chi connectivity index (χ2n) is 1.55. The van der Waals surface area contributed by atoms with Gasteiger partial charge in [0.2, 0.25) is 0 Å². The molecule has 2 heterocycles. The van der Waals surface area contributed by atoms with E-state index in [0.29, 0.717) is 0 Å². The Morgan fingerprint density at radius 1 is 1.12 bits per heavy atom. The molecule has 2 rings (SSSR count). The van der Waals surface area contributed by atoms with Crippen LogP contribution >= 0.6 is 0 Å². The van der Waals surface area contributed by atoms with Crippen LogP contribution in [-0.4, -0.2) is 22.1 Å². The molecule has 0 aliphatic carbocycles. The second-order valence-corrected chi connectivity index (χ2v) is 1.55. The Morgan fingerprint density at radius 2 is 1.75 bits per heavy atom. The lowest BCUT2D eigenvalue weighted by Crippen LogP contribution is -2.01. The van der Waals surface area contributed by atoms with Gasteiger partial charge in [-0.3, -0.25) is 0 Å². The van der Waals surface area contributed by atoms with Crippen LogP contribution in [0.2, 0.25) is 0 Å². The van der Waals surface area contributed by atoms with E-state index < -0.39 is 0 Å². The summed E-state index contributed by atoms with van der Waals surface area (Å²) in [5, 5.41) is 16.0. The number of aromatic amines is 1. The quantitative estimate of drug-likeness (QED) is 0.426. The van der Waals surface area contributed by atoms with Gasteiger partial charge in [0.05, 0.1) is 6.67 Å². The Hall–Kier alpha value is -1.26. The van der Waals surface area contributed by atoms with Gasteiger partial charge in [-0.05, 0) is 0 Å². The molecule has 1 aliphatic heterocycles. The summed E-state index contributed by atoms with van der Waals surface area (Å²) in [6.45, 7) is 0.735. The molecule has 42 valence electrons. The van der Waals surface area contributed by atoms with Gasteiger partial charge in [0, 0.05) is 0 Å². The van der Waals surface area contributed by atoms with E-state index in [-0.39, 0.29) is 0 Å². The smallest absolute Gasteiger partial charge is 0.194 e. The Bertz CT molecular complexity index is 173. The first-order valence-corrected chi connectivity index (χ1v) is 2.35. The van der Waals surface area contributed by atoms with Gasteiger partial charge in [-0.15, -0.1) is 10.2 Å². The number of hydrogen-bond acceptors (Lipinski definition) is 4. The summed E-state index contributed by atoms with van der Waals surface area (Å²) < 4.78 is 0. The fourth-order valence-electron chi connectivity index (χ4n) is 0.689. The van der Waals surface area contributed by atoms with Crippen molar-refractivity contribution in [3.63, 3.8) is 0 Å². The van der Waals surface area contributed by atoms with Crippen LogP contribution in [0.4, 0.5) is 11.6 Å². The highest BCUT2D eigenvalue weighted by Gasteiger charge is 2.10. The SMILES string of the molecule is C1Nc2n[nH]nc2N1. The van der Waals surface area contributed by atoms with Gasteiger partial charge >= 0.3 is 0 Å². The number of hydrogen-bond donors (Lipinski definition) is 3. The number of aromatic nitrogens is 3. The van der Waals surface area contributed by atoms with Crippen LogP contribution in [0.1, 0.15) is 0 Å². The molecule has 0 atom stereocenters. The third kappa shape index (κ3) is 0.305. The number of nitrogens with one attached hydrogen (secondary N) is 3. The Labute approximate surface area is 45.5 Å². The fourth-order valence-corrected chi connectivity index (χ4v) is 0.689. The average Bonchev–Trinajstić information content (AvgIpc) is 2.15. The summed E-state index contributed by atoms with van der Waals surface area (Å²) in [7, 11) is 0. The van der Waals surface area contributed by atoms with Crippen molar-refractivity contribution in [2.45, 2.75) is 0 Å². The predicted octanol–water partition coefficient (Wildman–Crippen LogP) is -0.400. The van der Waals surface area contributed by atoms with E-state index in [4.69, 9.17) is 0 Å². The van der Waals surface area contributed by atoms with Gasteiger partial charge in [-0.2, -0.15) is 5.21 Å². The highest BCUT2D eigenvalue weighted by Crippen LogP contribution is 2.17. The highest BCUT2D eigenvalue weighted by molar-refractivity contribution is 5.63. The molecule has 0 unspecified atom stereocenters. The van der Waals surface area contributed by atoms with Gasteiger partial charge in [-0.25, -0.2) is 0 Å². The number of anilines is 2. The number of rotatable bonds is 0. The highest BCUT2D eigenvalue weighted by atomic mass is 15.4. The van der Waals surface area contributed by atoms with Crippen LogP contribution in [0.25, 0.3) is 0 Å². The standard InChI is InChI=1S/C3H5N5/c1-4-2-3(5-1)7-8-6-2/h1H2,(H3,4,5,6,7,8). The normalized spacial score (nSPS) is 14.5. The maximum absolute atomic E-state index is 3.79. The third-order valence-corrected chi connectivity index (χ3v) is 1.06. The second kappa shape index (κ2) is 1.12. The van der Waals surface area contributed by atoms with Crippen molar-refractivity contribution in [1.29, 1.82) is 0 Å². The van der Waals surface area contributed by atoms with Gasteiger partial charge in [0.1, 0.15) is 0 Å². The molecule has 5 nitrogen and oxygen atoms in total. The average molecular weight is 111 g/mol. The van der Waals surface area contributed by atoms with Crippen LogP contribution in [0.5, 0.6) is 0 Å². The molecular weight excluding hydrogens is 106 g/mol. The van der Waals surface area contributed by atoms with Crippen LogP contribution in [-0.2, 0) is 0 Å². The van der Waals surface area contributed by atoms with E-state index in [0.717, 1.165) is 18.3 Å². The molecule has 3 N–H and O–H groups in total. The molecule has 5 heteroatoms. The molecule has 0 saturated heterocycles. The van der Waals surface area contributed by atoms with Crippen molar-refractivity contribution in [1.82, 2.24) is 15.4 Å². The summed E-state index contributed by atoms with van der Waals surface area (Å²) in [4.78, 5) is 0. The number of H-pyrrole nitrogens is 1. The van der Waals surface area contributed by atoms with Crippen LogP contribution in [0, 0.1) is 0 Å². The molecule has 1 aliphatic rings. The number of nitrogens with zero attached hydrogens (tertiary/aromatic N) is 2. The van der Waals surface area contributed by atoms with Gasteiger partial charge in [-0.1, -0.05) is 0 Å². The lowest BCUT2D eigenvalue weighted by Gasteiger charge is -1.85. The molecule has 0 radical (unpaired) electrons. The van der Waals surface area contributed by atoms with Crippen molar-refractivity contribution in [2.75, 3.05) is 17.3 Å². The fraction of sp³-hybridized carbons (Fsp3) is 0.333. The topological polar surface area (TPSA) is 65.6 Å². The Morgan fingerprint density at radius 3 is 2.38 bits per heavy atom. The maximum Gasteiger partial charge on any atom is 0.194 e. The monoisotopic (exact) mass is 111 g/mol. The zero-order chi connectivity index (χ0) is 5.40. The molecule has 0 aromatic carbocycles. The molecule has 0 fully saturated rings. The first kappa shape index (κ1) is 3.71. The number of fused-ring (bicyclic) bond motifs is 1. The van der Waals surface area contributed by atoms with E-state index in [1.807, 2.05) is 0 Å². The van der Waals surface area contributed by atoms with Crippen molar-refractivity contribution < 1.29 is 0 Å². The van der Waals surface area contributed by atoms with Gasteiger partial charge < -0.3 is 10.6 Å². The minimum atomic E-state index is 0.735. The predicted molar refractivity (Wildman–Crippen MR) is 28.5 cm³/mol. The van der Waals surface area contributed by atoms with Crippen molar-refractivity contribution in [2.24, 2.45) is 0 Å². The Balaban J connectivity index is 2.54. The molecular formula is C3H5N5. The zero-order valence-electron chi connectivity index (χ0n) is 4.10. The molecule has 0 spiro atoms. The first-order chi connectivity index (χ1) is 3.97. The zero-order valence-corrected chi connectivity index (χ0v) is 4.10. The first-order valence-electron chi connectivity index (χ1n) is 2.35. The van der Waals surface area contributed by atoms with Crippen molar-refractivity contribution >= 4 is 11.6 Å².